The number of H-pyrrole nitrogens is 2. The van der Waals surface area contributed by atoms with Crippen LogP contribution in [0.2, 0.25) is 0 Å². The van der Waals surface area contributed by atoms with E-state index in [1.807, 2.05) is 24.4 Å². The molecule has 9 nitrogen and oxygen atoms in total. The Hall–Kier alpha value is -3.79. The zero-order valence-corrected chi connectivity index (χ0v) is 15.3. The van der Waals surface area contributed by atoms with Crippen molar-refractivity contribution < 1.29 is 4.79 Å². The summed E-state index contributed by atoms with van der Waals surface area (Å²) in [5.74, 6) is -0.292. The normalized spacial score (nSPS) is 11.1. The highest BCUT2D eigenvalue weighted by atomic mass is 32.1. The van der Waals surface area contributed by atoms with Crippen molar-refractivity contribution in [3.05, 3.63) is 65.3 Å². The Bertz CT molecular complexity index is 1240. The van der Waals surface area contributed by atoms with Gasteiger partial charge in [-0.15, -0.1) is 11.3 Å². The summed E-state index contributed by atoms with van der Waals surface area (Å²) in [5, 5.41) is 21.7. The topological polar surface area (TPSA) is 117 Å². The number of benzene rings is 1. The summed E-state index contributed by atoms with van der Waals surface area (Å²) in [6.45, 7) is 0.614. The molecule has 5 aromatic rings. The van der Waals surface area contributed by atoms with E-state index in [-0.39, 0.29) is 5.91 Å². The number of nitrogens with zero attached hydrogens (tertiary/aromatic N) is 5. The maximum Gasteiger partial charge on any atom is 0.276 e. The number of thiazole rings is 1. The van der Waals surface area contributed by atoms with Gasteiger partial charge in [-0.2, -0.15) is 15.3 Å². The molecule has 3 N–H and O–H groups in total. The molecule has 4 heterocycles. The summed E-state index contributed by atoms with van der Waals surface area (Å²) in [7, 11) is 0. The lowest BCUT2D eigenvalue weighted by Crippen LogP contribution is -2.12. The highest BCUT2D eigenvalue weighted by Crippen LogP contribution is 2.24. The Kier molecular flexibility index (Phi) is 3.95. The molecule has 0 spiro atoms. The monoisotopic (exact) mass is 390 g/mol. The quantitative estimate of drug-likeness (QED) is 0.426. The van der Waals surface area contributed by atoms with E-state index in [9.17, 15) is 4.79 Å². The number of carbonyl (C=O) groups excluding carboxylic acids is 1. The molecule has 0 aliphatic rings. The summed E-state index contributed by atoms with van der Waals surface area (Å²) < 4.78 is 1.75. The van der Waals surface area contributed by atoms with Crippen molar-refractivity contribution in [2.75, 3.05) is 5.32 Å². The first kappa shape index (κ1) is 16.4. The number of aromatic amines is 2. The predicted octanol–water partition coefficient (Wildman–Crippen LogP) is 2.91. The van der Waals surface area contributed by atoms with Gasteiger partial charge in [-0.05, 0) is 17.7 Å². The molecule has 4 aromatic heterocycles. The SMILES string of the molecule is O=C(Nc1cnn(Cc2cncs2)c1)c1n[nH]c2cc(-c3cn[nH]c3)ccc12. The Balaban J connectivity index is 1.35. The van der Waals surface area contributed by atoms with Crippen LogP contribution >= 0.6 is 11.3 Å². The molecule has 1 amide bonds. The molecule has 0 unspecified atom stereocenters. The van der Waals surface area contributed by atoms with E-state index < -0.39 is 0 Å². The highest BCUT2D eigenvalue weighted by molar-refractivity contribution is 7.09. The smallest absolute Gasteiger partial charge is 0.276 e. The third-order valence-corrected chi connectivity index (χ3v) is 5.07. The Labute approximate surface area is 162 Å². The first-order chi connectivity index (χ1) is 13.8. The van der Waals surface area contributed by atoms with Gasteiger partial charge in [-0.3, -0.25) is 24.7 Å². The average molecular weight is 390 g/mol. The molecule has 0 aliphatic carbocycles. The summed E-state index contributed by atoms with van der Waals surface area (Å²) in [5.41, 5.74) is 5.47. The van der Waals surface area contributed by atoms with Crippen LogP contribution in [-0.2, 0) is 6.54 Å². The second-order valence-corrected chi connectivity index (χ2v) is 7.14. The lowest BCUT2D eigenvalue weighted by Gasteiger charge is -2.01. The van der Waals surface area contributed by atoms with E-state index in [4.69, 9.17) is 0 Å². The molecule has 0 atom stereocenters. The Morgan fingerprint density at radius 3 is 3.00 bits per heavy atom. The van der Waals surface area contributed by atoms with E-state index in [2.05, 4.69) is 35.8 Å². The van der Waals surface area contributed by atoms with E-state index in [0.717, 1.165) is 26.9 Å². The van der Waals surface area contributed by atoms with Crippen molar-refractivity contribution in [1.29, 1.82) is 0 Å². The number of amides is 1. The molecule has 138 valence electrons. The van der Waals surface area contributed by atoms with Gasteiger partial charge in [0, 0.05) is 34.4 Å². The van der Waals surface area contributed by atoms with Crippen LogP contribution in [-0.4, -0.2) is 41.1 Å². The zero-order chi connectivity index (χ0) is 18.9. The largest absolute Gasteiger partial charge is 0.318 e. The van der Waals surface area contributed by atoms with Crippen molar-refractivity contribution in [3.8, 4) is 11.1 Å². The van der Waals surface area contributed by atoms with Crippen LogP contribution in [0, 0.1) is 0 Å². The minimum Gasteiger partial charge on any atom is -0.318 e. The molecule has 5 rings (SSSR count). The fourth-order valence-electron chi connectivity index (χ4n) is 2.97. The first-order valence-corrected chi connectivity index (χ1v) is 9.33. The lowest BCUT2D eigenvalue weighted by atomic mass is 10.1. The Morgan fingerprint density at radius 2 is 2.18 bits per heavy atom. The molecule has 0 saturated heterocycles. The molecule has 0 fully saturated rings. The number of fused-ring (bicyclic) bond motifs is 1. The van der Waals surface area contributed by atoms with Gasteiger partial charge in [-0.25, -0.2) is 0 Å². The molecule has 28 heavy (non-hydrogen) atoms. The van der Waals surface area contributed by atoms with Gasteiger partial charge >= 0.3 is 0 Å². The van der Waals surface area contributed by atoms with Crippen LogP contribution in [0.5, 0.6) is 0 Å². The third kappa shape index (κ3) is 3.05. The maximum absolute atomic E-state index is 12.7. The second-order valence-electron chi connectivity index (χ2n) is 6.17. The molecule has 1 aromatic carbocycles. The fourth-order valence-corrected chi connectivity index (χ4v) is 3.55. The molecule has 10 heteroatoms. The van der Waals surface area contributed by atoms with Crippen molar-refractivity contribution in [2.24, 2.45) is 0 Å². The van der Waals surface area contributed by atoms with Crippen LogP contribution in [0.3, 0.4) is 0 Å². The molecule has 0 bridgehead atoms. The number of aromatic nitrogens is 7. The summed E-state index contributed by atoms with van der Waals surface area (Å²) in [6, 6.07) is 5.76. The number of hydrogen-bond acceptors (Lipinski definition) is 6. The number of rotatable bonds is 5. The third-order valence-electron chi connectivity index (χ3n) is 4.30. The number of anilines is 1. The van der Waals surface area contributed by atoms with Gasteiger partial charge in [-0.1, -0.05) is 6.07 Å². The minimum atomic E-state index is -0.292. The van der Waals surface area contributed by atoms with Crippen molar-refractivity contribution in [1.82, 2.24) is 35.2 Å². The minimum absolute atomic E-state index is 0.292. The standard InChI is InChI=1S/C18H14N8OS/c27-18(23-13-6-22-26(8-13)9-14-7-19-10-28-14)17-15-2-1-11(3-16(15)24-25-17)12-4-20-21-5-12/h1-8,10H,9H2,(H,20,21)(H,23,27)(H,24,25). The molecule has 0 radical (unpaired) electrons. The molecular weight excluding hydrogens is 376 g/mol. The molecule has 0 saturated carbocycles. The lowest BCUT2D eigenvalue weighted by molar-refractivity contribution is 0.102. The van der Waals surface area contributed by atoms with Gasteiger partial charge in [0.1, 0.15) is 0 Å². The van der Waals surface area contributed by atoms with Crippen LogP contribution in [0.1, 0.15) is 15.4 Å². The summed E-state index contributed by atoms with van der Waals surface area (Å²) in [6.07, 6.45) is 8.76. The van der Waals surface area contributed by atoms with Crippen molar-refractivity contribution >= 4 is 33.8 Å². The Morgan fingerprint density at radius 1 is 1.21 bits per heavy atom. The van der Waals surface area contributed by atoms with Gasteiger partial charge in [0.25, 0.3) is 5.91 Å². The molecular formula is C18H14N8OS. The van der Waals surface area contributed by atoms with Gasteiger partial charge < -0.3 is 5.32 Å². The van der Waals surface area contributed by atoms with Crippen molar-refractivity contribution in [3.63, 3.8) is 0 Å². The summed E-state index contributed by atoms with van der Waals surface area (Å²) >= 11 is 1.56. The van der Waals surface area contributed by atoms with Crippen molar-refractivity contribution in [2.45, 2.75) is 6.54 Å². The van der Waals surface area contributed by atoms with Crippen LogP contribution in [0.4, 0.5) is 5.69 Å². The predicted molar refractivity (Wildman–Crippen MR) is 105 cm³/mol. The highest BCUT2D eigenvalue weighted by Gasteiger charge is 2.16. The van der Waals surface area contributed by atoms with Crippen LogP contribution < -0.4 is 5.32 Å². The maximum atomic E-state index is 12.7. The first-order valence-electron chi connectivity index (χ1n) is 8.45. The fraction of sp³-hybridized carbons (Fsp3) is 0.0556. The number of nitrogens with one attached hydrogen (secondary N) is 3. The second kappa shape index (κ2) is 6.74. The van der Waals surface area contributed by atoms with Crippen LogP contribution in [0.25, 0.3) is 22.0 Å². The van der Waals surface area contributed by atoms with Crippen LogP contribution in [0.15, 0.2) is 54.7 Å². The van der Waals surface area contributed by atoms with E-state index in [0.29, 0.717) is 17.9 Å². The van der Waals surface area contributed by atoms with E-state index in [1.54, 1.807) is 46.3 Å². The van der Waals surface area contributed by atoms with Gasteiger partial charge in [0.05, 0.1) is 35.7 Å². The zero-order valence-electron chi connectivity index (χ0n) is 14.5. The number of hydrogen-bond donors (Lipinski definition) is 3. The summed E-state index contributed by atoms with van der Waals surface area (Å²) in [4.78, 5) is 17.8. The number of carbonyl (C=O) groups is 1. The molecule has 0 aliphatic heterocycles. The van der Waals surface area contributed by atoms with E-state index in [1.165, 1.54) is 0 Å². The van der Waals surface area contributed by atoms with Gasteiger partial charge in [0.15, 0.2) is 5.69 Å². The van der Waals surface area contributed by atoms with E-state index >= 15 is 0 Å². The van der Waals surface area contributed by atoms with Gasteiger partial charge in [0.2, 0.25) is 0 Å². The average Bonchev–Trinajstić information content (AvgIpc) is 3.49.